The largest absolute Gasteiger partial charge is 0.382 e. The van der Waals surface area contributed by atoms with Crippen LogP contribution in [0.2, 0.25) is 0 Å². The Morgan fingerprint density at radius 3 is 2.56 bits per heavy atom. The Bertz CT molecular complexity index is 58.2. The average molecular weight is 182 g/mol. The van der Waals surface area contributed by atoms with E-state index < -0.39 is 0 Å². The summed E-state index contributed by atoms with van der Waals surface area (Å²) in [6.45, 7) is 1.21. The molecule has 0 unspecified atom stereocenters. The number of hydrogen-bond donors (Lipinski definition) is 0. The molecule has 4 heteroatoms. The first-order valence-electron chi connectivity index (χ1n) is 2.42. The summed E-state index contributed by atoms with van der Waals surface area (Å²) in [5.74, 6) is 0. The van der Waals surface area contributed by atoms with E-state index in [1.54, 1.807) is 7.11 Å². The predicted molar refractivity (Wildman–Crippen MR) is 28.8 cm³/mol. The van der Waals surface area contributed by atoms with E-state index in [9.17, 15) is 4.79 Å². The van der Waals surface area contributed by atoms with Crippen LogP contribution in [0.25, 0.3) is 0 Å². The van der Waals surface area contributed by atoms with E-state index in [1.165, 1.54) is 0 Å². The number of methoxy groups -OCH3 is 1. The van der Waals surface area contributed by atoms with Gasteiger partial charge in [0.05, 0.1) is 13.2 Å². The van der Waals surface area contributed by atoms with Crippen LogP contribution in [0, 0.1) is 0 Å². The van der Waals surface area contributed by atoms with Gasteiger partial charge in [-0.05, 0) is 0 Å². The number of carbonyl (C=O) groups excluding carboxylic acids is 1. The molecule has 0 aliphatic heterocycles. The third-order valence-corrected chi connectivity index (χ3v) is 0.618. The Morgan fingerprint density at radius 1 is 1.44 bits per heavy atom. The van der Waals surface area contributed by atoms with Gasteiger partial charge in [-0.1, -0.05) is 0 Å². The molecule has 1 radical (unpaired) electrons. The van der Waals surface area contributed by atoms with Crippen molar-refractivity contribution in [3.8, 4) is 0 Å². The van der Waals surface area contributed by atoms with Crippen LogP contribution in [0.4, 0.5) is 0 Å². The molecule has 0 aromatic carbocycles. The van der Waals surface area contributed by atoms with Crippen molar-refractivity contribution in [3.63, 3.8) is 0 Å². The fraction of sp³-hybridized carbons (Fsp3) is 0.800. The van der Waals surface area contributed by atoms with Crippen molar-refractivity contribution >= 4 is 6.29 Å². The molecular formula is C5H10CuO3. The van der Waals surface area contributed by atoms with Crippen LogP contribution in [0.5, 0.6) is 0 Å². The molecule has 0 saturated carbocycles. The van der Waals surface area contributed by atoms with Gasteiger partial charge >= 0.3 is 0 Å². The zero-order chi connectivity index (χ0) is 6.24. The molecule has 0 bridgehead atoms. The monoisotopic (exact) mass is 181 g/mol. The fourth-order valence-corrected chi connectivity index (χ4v) is 0.274. The van der Waals surface area contributed by atoms with Crippen LogP contribution in [0.1, 0.15) is 0 Å². The summed E-state index contributed by atoms with van der Waals surface area (Å²) in [5.41, 5.74) is 0. The normalized spacial score (nSPS) is 8.11. The van der Waals surface area contributed by atoms with Gasteiger partial charge in [0.25, 0.3) is 0 Å². The molecule has 0 saturated heterocycles. The van der Waals surface area contributed by atoms with Crippen molar-refractivity contribution < 1.29 is 31.3 Å². The second-order valence-electron chi connectivity index (χ2n) is 1.23. The molecule has 0 aliphatic rings. The maximum absolute atomic E-state index is 9.60. The topological polar surface area (TPSA) is 35.5 Å². The Morgan fingerprint density at radius 2 is 2.11 bits per heavy atom. The fourth-order valence-electron chi connectivity index (χ4n) is 0.274. The van der Waals surface area contributed by atoms with Crippen molar-refractivity contribution in [2.24, 2.45) is 0 Å². The summed E-state index contributed by atoms with van der Waals surface area (Å²) in [6, 6.07) is 0. The summed E-state index contributed by atoms with van der Waals surface area (Å²) in [6.07, 6.45) is 0.718. The van der Waals surface area contributed by atoms with E-state index in [0.29, 0.717) is 13.2 Å². The van der Waals surface area contributed by atoms with E-state index in [4.69, 9.17) is 4.74 Å². The smallest absolute Gasteiger partial charge is 0.145 e. The van der Waals surface area contributed by atoms with Crippen molar-refractivity contribution in [1.82, 2.24) is 0 Å². The molecule has 0 aromatic rings. The molecule has 0 fully saturated rings. The Labute approximate surface area is 65.2 Å². The first kappa shape index (κ1) is 11.9. The van der Waals surface area contributed by atoms with Gasteiger partial charge in [0.15, 0.2) is 0 Å². The van der Waals surface area contributed by atoms with Crippen molar-refractivity contribution in [2.45, 2.75) is 0 Å². The maximum Gasteiger partial charge on any atom is 0.145 e. The van der Waals surface area contributed by atoms with Crippen molar-refractivity contribution in [1.29, 1.82) is 0 Å². The maximum atomic E-state index is 9.60. The second kappa shape index (κ2) is 11.0. The molecule has 0 spiro atoms. The quantitative estimate of drug-likeness (QED) is 0.336. The second-order valence-corrected chi connectivity index (χ2v) is 1.23. The molecule has 3 nitrogen and oxygen atoms in total. The van der Waals surface area contributed by atoms with Gasteiger partial charge in [0.1, 0.15) is 12.9 Å². The van der Waals surface area contributed by atoms with Gasteiger partial charge in [-0.15, -0.1) is 0 Å². The van der Waals surface area contributed by atoms with Gasteiger partial charge in [0, 0.05) is 24.2 Å². The van der Waals surface area contributed by atoms with Gasteiger partial charge < -0.3 is 14.3 Å². The van der Waals surface area contributed by atoms with E-state index in [-0.39, 0.29) is 23.7 Å². The van der Waals surface area contributed by atoms with Crippen molar-refractivity contribution in [3.05, 3.63) is 0 Å². The van der Waals surface area contributed by atoms with Crippen LogP contribution in [0.3, 0.4) is 0 Å². The van der Waals surface area contributed by atoms with Crippen LogP contribution >= 0.6 is 0 Å². The molecule has 0 atom stereocenters. The first-order chi connectivity index (χ1) is 3.91. The molecule has 0 N–H and O–H groups in total. The molecule has 0 aliphatic carbocycles. The van der Waals surface area contributed by atoms with Gasteiger partial charge in [-0.3, -0.25) is 0 Å². The minimum atomic E-state index is 0. The van der Waals surface area contributed by atoms with Gasteiger partial charge in [-0.25, -0.2) is 0 Å². The average Bonchev–Trinajstić information content (AvgIpc) is 1.81. The predicted octanol–water partition coefficient (Wildman–Crippen LogP) is -0.154. The van der Waals surface area contributed by atoms with Crippen molar-refractivity contribution in [2.75, 3.05) is 26.9 Å². The summed E-state index contributed by atoms with van der Waals surface area (Å²) in [7, 11) is 1.59. The van der Waals surface area contributed by atoms with E-state index in [2.05, 4.69) is 4.74 Å². The van der Waals surface area contributed by atoms with Crippen LogP contribution in [0.15, 0.2) is 0 Å². The minimum absolute atomic E-state index is 0. The minimum Gasteiger partial charge on any atom is -0.382 e. The van der Waals surface area contributed by atoms with Crippen LogP contribution in [-0.4, -0.2) is 33.2 Å². The Balaban J connectivity index is 0. The molecular weight excluding hydrogens is 172 g/mol. The van der Waals surface area contributed by atoms with E-state index >= 15 is 0 Å². The molecule has 0 rings (SSSR count). The van der Waals surface area contributed by atoms with Crippen LogP contribution in [-0.2, 0) is 31.3 Å². The van der Waals surface area contributed by atoms with E-state index in [1.807, 2.05) is 0 Å². The molecule has 9 heavy (non-hydrogen) atoms. The van der Waals surface area contributed by atoms with Gasteiger partial charge in [-0.2, -0.15) is 0 Å². The third kappa shape index (κ3) is 11.6. The Hall–Kier alpha value is 0.109. The number of aldehydes is 1. The zero-order valence-corrected chi connectivity index (χ0v) is 6.17. The molecule has 0 amide bonds. The summed E-state index contributed by atoms with van der Waals surface area (Å²) < 4.78 is 9.38. The number of rotatable bonds is 5. The standard InChI is InChI=1S/C5H10O3.Cu/c1-7-4-5-8-3-2-6;/h2H,3-5H2,1H3;. The first-order valence-corrected chi connectivity index (χ1v) is 2.42. The number of ether oxygens (including phenoxy) is 2. The van der Waals surface area contributed by atoms with Crippen LogP contribution < -0.4 is 0 Å². The third-order valence-electron chi connectivity index (χ3n) is 0.618. The van der Waals surface area contributed by atoms with Gasteiger partial charge in [0.2, 0.25) is 0 Å². The summed E-state index contributed by atoms with van der Waals surface area (Å²) in [5, 5.41) is 0. The molecule has 59 valence electrons. The molecule has 0 heterocycles. The molecule has 0 aromatic heterocycles. The van der Waals surface area contributed by atoms with E-state index in [0.717, 1.165) is 6.29 Å². The summed E-state index contributed by atoms with van der Waals surface area (Å²) in [4.78, 5) is 9.60. The SMILES string of the molecule is COCCOCC=O.[Cu]. The Kier molecular flexibility index (Phi) is 14.5. The summed E-state index contributed by atoms with van der Waals surface area (Å²) >= 11 is 0. The number of hydrogen-bond acceptors (Lipinski definition) is 3. The number of carbonyl (C=O) groups is 1. The zero-order valence-electron chi connectivity index (χ0n) is 5.22.